The van der Waals surface area contributed by atoms with Crippen LogP contribution in [0.1, 0.15) is 42.6 Å². The third kappa shape index (κ3) is 2.29. The smallest absolute Gasteiger partial charge is 0.338 e. The van der Waals surface area contributed by atoms with Gasteiger partial charge >= 0.3 is 5.97 Å². The lowest BCUT2D eigenvalue weighted by molar-refractivity contribution is 0.0526. The minimum absolute atomic E-state index is 0.264. The van der Waals surface area contributed by atoms with Crippen molar-refractivity contribution >= 4 is 27.8 Å². The Bertz CT molecular complexity index is 815. The summed E-state index contributed by atoms with van der Waals surface area (Å²) in [6.07, 6.45) is 0. The van der Waals surface area contributed by atoms with Gasteiger partial charge in [0, 0.05) is 21.8 Å². The second kappa shape index (κ2) is 5.24. The molecule has 21 heavy (non-hydrogen) atoms. The summed E-state index contributed by atoms with van der Waals surface area (Å²) in [5.41, 5.74) is 3.87. The average molecular weight is 281 g/mol. The summed E-state index contributed by atoms with van der Waals surface area (Å²) in [4.78, 5) is 15.4. The fraction of sp³-hybridized carbons (Fsp3) is 0.278. The molecule has 3 nitrogen and oxygen atoms in total. The normalized spacial score (nSPS) is 11.4. The number of para-hydroxylation sites is 1. The molecule has 0 spiro atoms. The summed E-state index contributed by atoms with van der Waals surface area (Å²) in [6, 6.07) is 12.1. The highest BCUT2D eigenvalue weighted by Gasteiger charge is 2.16. The summed E-state index contributed by atoms with van der Waals surface area (Å²) >= 11 is 0. The van der Waals surface area contributed by atoms with Crippen LogP contribution in [0.15, 0.2) is 36.4 Å². The lowest BCUT2D eigenvalue weighted by Gasteiger charge is -2.10. The number of hydrogen-bond acceptors (Lipinski definition) is 2. The van der Waals surface area contributed by atoms with E-state index in [1.54, 1.807) is 0 Å². The van der Waals surface area contributed by atoms with Crippen molar-refractivity contribution < 1.29 is 9.53 Å². The maximum atomic E-state index is 12.0. The van der Waals surface area contributed by atoms with Crippen LogP contribution in [0.3, 0.4) is 0 Å². The first-order chi connectivity index (χ1) is 10.1. The monoisotopic (exact) mass is 281 g/mol. The van der Waals surface area contributed by atoms with Crippen LogP contribution in [-0.2, 0) is 4.74 Å². The van der Waals surface area contributed by atoms with Gasteiger partial charge in [-0.1, -0.05) is 32.0 Å². The van der Waals surface area contributed by atoms with Gasteiger partial charge in [-0.2, -0.15) is 0 Å². The zero-order valence-corrected chi connectivity index (χ0v) is 12.6. The van der Waals surface area contributed by atoms with E-state index in [0.29, 0.717) is 18.1 Å². The van der Waals surface area contributed by atoms with E-state index in [1.165, 1.54) is 16.3 Å². The molecule has 0 saturated carbocycles. The Labute approximate surface area is 123 Å². The number of fused-ring (bicyclic) bond motifs is 3. The van der Waals surface area contributed by atoms with Crippen molar-refractivity contribution in [3.63, 3.8) is 0 Å². The van der Waals surface area contributed by atoms with E-state index in [0.717, 1.165) is 11.0 Å². The Balaban J connectivity index is 2.32. The number of carbonyl (C=O) groups is 1. The molecular weight excluding hydrogens is 262 g/mol. The Morgan fingerprint density at radius 3 is 2.67 bits per heavy atom. The van der Waals surface area contributed by atoms with Crippen LogP contribution in [0.5, 0.6) is 0 Å². The van der Waals surface area contributed by atoms with Crippen molar-refractivity contribution in [2.75, 3.05) is 6.61 Å². The number of H-pyrrole nitrogens is 1. The third-order valence-corrected chi connectivity index (χ3v) is 3.77. The molecule has 0 aliphatic heterocycles. The number of nitrogens with one attached hydrogen (secondary N) is 1. The molecular formula is C18H19NO2. The molecule has 108 valence electrons. The SMILES string of the molecule is CCOC(=O)c1cc(C(C)C)c2c(c1)[nH]c1ccccc12. The highest BCUT2D eigenvalue weighted by molar-refractivity contribution is 6.11. The van der Waals surface area contributed by atoms with E-state index in [-0.39, 0.29) is 5.97 Å². The summed E-state index contributed by atoms with van der Waals surface area (Å²) < 4.78 is 5.13. The van der Waals surface area contributed by atoms with Gasteiger partial charge in [0.05, 0.1) is 12.2 Å². The van der Waals surface area contributed by atoms with Gasteiger partial charge in [-0.25, -0.2) is 4.79 Å². The number of esters is 1. The number of rotatable bonds is 3. The van der Waals surface area contributed by atoms with Crippen LogP contribution in [-0.4, -0.2) is 17.6 Å². The zero-order chi connectivity index (χ0) is 15.0. The Morgan fingerprint density at radius 1 is 1.19 bits per heavy atom. The topological polar surface area (TPSA) is 42.1 Å². The number of aromatic nitrogens is 1. The van der Waals surface area contributed by atoms with E-state index in [4.69, 9.17) is 4.74 Å². The minimum atomic E-state index is -0.264. The molecule has 0 aliphatic carbocycles. The van der Waals surface area contributed by atoms with Crippen LogP contribution < -0.4 is 0 Å². The van der Waals surface area contributed by atoms with E-state index in [2.05, 4.69) is 31.0 Å². The number of carbonyl (C=O) groups excluding carboxylic acids is 1. The summed E-state index contributed by atoms with van der Waals surface area (Å²) in [5, 5.41) is 2.40. The van der Waals surface area contributed by atoms with E-state index in [1.807, 2.05) is 31.2 Å². The van der Waals surface area contributed by atoms with Crippen LogP contribution in [0, 0.1) is 0 Å². The number of hydrogen-bond donors (Lipinski definition) is 1. The standard InChI is InChI=1S/C18H19NO2/c1-4-21-18(20)12-9-14(11(2)3)17-13-7-5-6-8-15(13)19-16(17)10-12/h5-11,19H,4H2,1-3H3. The molecule has 0 amide bonds. The average Bonchev–Trinajstić information content (AvgIpc) is 2.84. The Hall–Kier alpha value is -2.29. The lowest BCUT2D eigenvalue weighted by atomic mass is 9.95. The second-order valence-electron chi connectivity index (χ2n) is 5.53. The number of ether oxygens (including phenoxy) is 1. The zero-order valence-electron chi connectivity index (χ0n) is 12.6. The van der Waals surface area contributed by atoms with Crippen LogP contribution >= 0.6 is 0 Å². The van der Waals surface area contributed by atoms with Crippen molar-refractivity contribution in [2.24, 2.45) is 0 Å². The molecule has 3 aromatic rings. The van der Waals surface area contributed by atoms with Crippen molar-refractivity contribution in [3.8, 4) is 0 Å². The predicted octanol–water partition coefficient (Wildman–Crippen LogP) is 4.62. The van der Waals surface area contributed by atoms with E-state index in [9.17, 15) is 4.79 Å². The molecule has 0 atom stereocenters. The summed E-state index contributed by atoms with van der Waals surface area (Å²) in [6.45, 7) is 6.50. The molecule has 2 aromatic carbocycles. The van der Waals surface area contributed by atoms with Gasteiger partial charge in [0.25, 0.3) is 0 Å². The minimum Gasteiger partial charge on any atom is -0.462 e. The molecule has 1 heterocycles. The van der Waals surface area contributed by atoms with E-state index < -0.39 is 0 Å². The molecule has 0 aliphatic rings. The molecule has 0 radical (unpaired) electrons. The first kappa shape index (κ1) is 13.7. The molecule has 1 N–H and O–H groups in total. The third-order valence-electron chi connectivity index (χ3n) is 3.77. The number of aromatic amines is 1. The molecule has 0 saturated heterocycles. The van der Waals surface area contributed by atoms with Gasteiger partial charge in [0.2, 0.25) is 0 Å². The van der Waals surface area contributed by atoms with Gasteiger partial charge in [-0.15, -0.1) is 0 Å². The molecule has 0 bridgehead atoms. The first-order valence-corrected chi connectivity index (χ1v) is 7.33. The van der Waals surface area contributed by atoms with Crippen LogP contribution in [0.2, 0.25) is 0 Å². The van der Waals surface area contributed by atoms with Crippen molar-refractivity contribution in [1.82, 2.24) is 4.98 Å². The molecule has 1 aromatic heterocycles. The summed E-state index contributed by atoms with van der Waals surface area (Å²) in [5.74, 6) is 0.0704. The lowest BCUT2D eigenvalue weighted by Crippen LogP contribution is -2.05. The molecule has 3 rings (SSSR count). The molecule has 0 fully saturated rings. The second-order valence-corrected chi connectivity index (χ2v) is 5.53. The molecule has 3 heteroatoms. The van der Waals surface area contributed by atoms with Crippen LogP contribution in [0.25, 0.3) is 21.8 Å². The maximum absolute atomic E-state index is 12.0. The van der Waals surface area contributed by atoms with Gasteiger partial charge in [0.1, 0.15) is 0 Å². The van der Waals surface area contributed by atoms with Gasteiger partial charge in [-0.05, 0) is 36.6 Å². The summed E-state index contributed by atoms with van der Waals surface area (Å²) in [7, 11) is 0. The highest BCUT2D eigenvalue weighted by atomic mass is 16.5. The van der Waals surface area contributed by atoms with Crippen molar-refractivity contribution in [3.05, 3.63) is 47.5 Å². The Morgan fingerprint density at radius 2 is 1.95 bits per heavy atom. The van der Waals surface area contributed by atoms with Crippen molar-refractivity contribution in [2.45, 2.75) is 26.7 Å². The fourth-order valence-corrected chi connectivity index (χ4v) is 2.81. The van der Waals surface area contributed by atoms with Gasteiger partial charge < -0.3 is 9.72 Å². The van der Waals surface area contributed by atoms with E-state index >= 15 is 0 Å². The Kier molecular flexibility index (Phi) is 3.42. The van der Waals surface area contributed by atoms with Crippen molar-refractivity contribution in [1.29, 1.82) is 0 Å². The van der Waals surface area contributed by atoms with Gasteiger partial charge in [0.15, 0.2) is 0 Å². The quantitative estimate of drug-likeness (QED) is 0.712. The first-order valence-electron chi connectivity index (χ1n) is 7.33. The molecule has 0 unspecified atom stereocenters. The van der Waals surface area contributed by atoms with Crippen LogP contribution in [0.4, 0.5) is 0 Å². The largest absolute Gasteiger partial charge is 0.462 e. The maximum Gasteiger partial charge on any atom is 0.338 e. The highest BCUT2D eigenvalue weighted by Crippen LogP contribution is 2.33. The van der Waals surface area contributed by atoms with Gasteiger partial charge in [-0.3, -0.25) is 0 Å². The fourth-order valence-electron chi connectivity index (χ4n) is 2.81. The number of benzene rings is 2. The predicted molar refractivity (Wildman–Crippen MR) is 85.9 cm³/mol.